The van der Waals surface area contributed by atoms with Crippen molar-refractivity contribution in [3.8, 4) is 0 Å². The third-order valence-corrected chi connectivity index (χ3v) is 3.00. The van der Waals surface area contributed by atoms with E-state index in [9.17, 15) is 8.78 Å². The SMILES string of the molecule is Nc1ccc2cnn(Cc3ccc(F)cc3F)c2c1. The molecule has 0 aliphatic rings. The Balaban J connectivity index is 2.03. The second kappa shape index (κ2) is 4.35. The molecule has 0 aliphatic carbocycles. The van der Waals surface area contributed by atoms with Gasteiger partial charge in [0.25, 0.3) is 0 Å². The normalized spacial score (nSPS) is 11.1. The molecule has 3 rings (SSSR count). The Morgan fingerprint density at radius 1 is 1.11 bits per heavy atom. The van der Waals surface area contributed by atoms with E-state index in [0.717, 1.165) is 17.0 Å². The lowest BCUT2D eigenvalue weighted by molar-refractivity contribution is 0.561. The van der Waals surface area contributed by atoms with Crippen molar-refractivity contribution in [2.45, 2.75) is 6.54 Å². The summed E-state index contributed by atoms with van der Waals surface area (Å²) in [6, 6.07) is 8.95. The first-order valence-corrected chi connectivity index (χ1v) is 5.78. The van der Waals surface area contributed by atoms with Gasteiger partial charge in [-0.15, -0.1) is 0 Å². The van der Waals surface area contributed by atoms with E-state index in [2.05, 4.69) is 5.10 Å². The molecule has 0 saturated carbocycles. The van der Waals surface area contributed by atoms with Crippen molar-refractivity contribution < 1.29 is 8.78 Å². The van der Waals surface area contributed by atoms with Gasteiger partial charge in [0.05, 0.1) is 18.3 Å². The molecule has 2 N–H and O–H groups in total. The van der Waals surface area contributed by atoms with Crippen molar-refractivity contribution in [3.05, 3.63) is 59.8 Å². The van der Waals surface area contributed by atoms with Gasteiger partial charge in [0.15, 0.2) is 0 Å². The van der Waals surface area contributed by atoms with Crippen LogP contribution in [-0.2, 0) is 6.54 Å². The first-order valence-electron chi connectivity index (χ1n) is 5.78. The minimum absolute atomic E-state index is 0.235. The number of hydrogen-bond acceptors (Lipinski definition) is 2. The van der Waals surface area contributed by atoms with Crippen LogP contribution in [0, 0.1) is 11.6 Å². The summed E-state index contributed by atoms with van der Waals surface area (Å²) in [4.78, 5) is 0. The highest BCUT2D eigenvalue weighted by atomic mass is 19.1. The second-order valence-electron chi connectivity index (χ2n) is 4.36. The van der Waals surface area contributed by atoms with Gasteiger partial charge in [0.2, 0.25) is 0 Å². The lowest BCUT2D eigenvalue weighted by Crippen LogP contribution is -2.04. The summed E-state index contributed by atoms with van der Waals surface area (Å²) >= 11 is 0. The van der Waals surface area contributed by atoms with Gasteiger partial charge in [0.1, 0.15) is 11.6 Å². The molecule has 1 aromatic heterocycles. The van der Waals surface area contributed by atoms with E-state index >= 15 is 0 Å². The van der Waals surface area contributed by atoms with E-state index in [1.165, 1.54) is 12.1 Å². The van der Waals surface area contributed by atoms with Gasteiger partial charge in [-0.3, -0.25) is 4.68 Å². The first kappa shape index (κ1) is 11.6. The van der Waals surface area contributed by atoms with Crippen LogP contribution in [0.25, 0.3) is 10.9 Å². The average molecular weight is 259 g/mol. The van der Waals surface area contributed by atoms with Crippen molar-refractivity contribution in [2.24, 2.45) is 0 Å². The molecule has 0 atom stereocenters. The lowest BCUT2D eigenvalue weighted by atomic mass is 10.2. The maximum absolute atomic E-state index is 13.6. The molecule has 0 unspecified atom stereocenters. The average Bonchev–Trinajstić information content (AvgIpc) is 2.75. The number of aromatic nitrogens is 2. The van der Waals surface area contributed by atoms with Gasteiger partial charge in [0, 0.05) is 22.7 Å². The van der Waals surface area contributed by atoms with E-state index in [4.69, 9.17) is 5.73 Å². The summed E-state index contributed by atoms with van der Waals surface area (Å²) in [6.45, 7) is 0.235. The number of nitrogen functional groups attached to an aromatic ring is 1. The molecule has 0 fully saturated rings. The molecule has 3 nitrogen and oxygen atoms in total. The van der Waals surface area contributed by atoms with Gasteiger partial charge in [-0.25, -0.2) is 8.78 Å². The number of nitrogens with two attached hydrogens (primary N) is 1. The molecule has 96 valence electrons. The standard InChI is InChI=1S/C14H11F2N3/c15-11-3-1-10(13(16)5-11)8-19-14-6-12(17)4-2-9(14)7-18-19/h1-7H,8,17H2. The van der Waals surface area contributed by atoms with Crippen LogP contribution in [0.15, 0.2) is 42.6 Å². The Morgan fingerprint density at radius 3 is 2.74 bits per heavy atom. The van der Waals surface area contributed by atoms with Crippen LogP contribution in [0.5, 0.6) is 0 Å². The highest BCUT2D eigenvalue weighted by molar-refractivity contribution is 5.81. The summed E-state index contributed by atoms with van der Waals surface area (Å²) in [5, 5.41) is 5.12. The van der Waals surface area contributed by atoms with Gasteiger partial charge < -0.3 is 5.73 Å². The van der Waals surface area contributed by atoms with Crippen LogP contribution in [0.2, 0.25) is 0 Å². The molecule has 0 amide bonds. The predicted octanol–water partition coefficient (Wildman–Crippen LogP) is 2.95. The van der Waals surface area contributed by atoms with Gasteiger partial charge in [-0.05, 0) is 24.3 Å². The summed E-state index contributed by atoms with van der Waals surface area (Å²) in [7, 11) is 0. The summed E-state index contributed by atoms with van der Waals surface area (Å²) in [5.74, 6) is -1.16. The zero-order chi connectivity index (χ0) is 13.4. The minimum Gasteiger partial charge on any atom is -0.399 e. The van der Waals surface area contributed by atoms with E-state index in [-0.39, 0.29) is 6.54 Å². The van der Waals surface area contributed by atoms with Crippen molar-refractivity contribution in [2.75, 3.05) is 5.73 Å². The van der Waals surface area contributed by atoms with Crippen LogP contribution in [-0.4, -0.2) is 9.78 Å². The van der Waals surface area contributed by atoms with E-state index in [0.29, 0.717) is 11.3 Å². The molecular weight excluding hydrogens is 248 g/mol. The number of anilines is 1. The van der Waals surface area contributed by atoms with Gasteiger partial charge >= 0.3 is 0 Å². The van der Waals surface area contributed by atoms with Crippen LogP contribution in [0.4, 0.5) is 14.5 Å². The Morgan fingerprint density at radius 2 is 1.95 bits per heavy atom. The van der Waals surface area contributed by atoms with Crippen LogP contribution in [0.3, 0.4) is 0 Å². The van der Waals surface area contributed by atoms with Crippen LogP contribution < -0.4 is 5.73 Å². The molecule has 2 aromatic carbocycles. The molecule has 5 heteroatoms. The van der Waals surface area contributed by atoms with Crippen molar-refractivity contribution >= 4 is 16.6 Å². The Kier molecular flexibility index (Phi) is 2.67. The van der Waals surface area contributed by atoms with Crippen LogP contribution >= 0.6 is 0 Å². The number of benzene rings is 2. The predicted molar refractivity (Wildman–Crippen MR) is 69.6 cm³/mol. The Hall–Kier alpha value is -2.43. The number of hydrogen-bond donors (Lipinski definition) is 1. The number of nitrogens with zero attached hydrogens (tertiary/aromatic N) is 2. The fourth-order valence-corrected chi connectivity index (χ4v) is 2.02. The molecule has 3 aromatic rings. The zero-order valence-corrected chi connectivity index (χ0v) is 9.98. The molecular formula is C14H11F2N3. The van der Waals surface area contributed by atoms with Crippen molar-refractivity contribution in [1.29, 1.82) is 0 Å². The largest absolute Gasteiger partial charge is 0.399 e. The highest BCUT2D eigenvalue weighted by Gasteiger charge is 2.08. The fourth-order valence-electron chi connectivity index (χ4n) is 2.02. The molecule has 1 heterocycles. The Bertz CT molecular complexity index is 750. The van der Waals surface area contributed by atoms with Crippen molar-refractivity contribution in [1.82, 2.24) is 9.78 Å². The summed E-state index contributed by atoms with van der Waals surface area (Å²) in [6.07, 6.45) is 1.69. The van der Waals surface area contributed by atoms with E-state index in [1.54, 1.807) is 23.0 Å². The first-order chi connectivity index (χ1) is 9.13. The lowest BCUT2D eigenvalue weighted by Gasteiger charge is -2.06. The highest BCUT2D eigenvalue weighted by Crippen LogP contribution is 2.19. The number of rotatable bonds is 2. The molecule has 19 heavy (non-hydrogen) atoms. The minimum atomic E-state index is -0.587. The quantitative estimate of drug-likeness (QED) is 0.719. The van der Waals surface area contributed by atoms with Gasteiger partial charge in [-0.2, -0.15) is 5.10 Å². The van der Waals surface area contributed by atoms with E-state index in [1.807, 2.05) is 6.07 Å². The summed E-state index contributed by atoms with van der Waals surface area (Å²) in [5.41, 5.74) is 7.56. The maximum atomic E-state index is 13.6. The fraction of sp³-hybridized carbons (Fsp3) is 0.0714. The van der Waals surface area contributed by atoms with E-state index < -0.39 is 11.6 Å². The summed E-state index contributed by atoms with van der Waals surface area (Å²) < 4.78 is 28.1. The smallest absolute Gasteiger partial charge is 0.131 e. The number of fused-ring (bicyclic) bond motifs is 1. The number of halogens is 2. The topological polar surface area (TPSA) is 43.8 Å². The third kappa shape index (κ3) is 2.14. The Labute approximate surface area is 108 Å². The van der Waals surface area contributed by atoms with Gasteiger partial charge in [-0.1, -0.05) is 6.07 Å². The molecule has 0 saturated heterocycles. The maximum Gasteiger partial charge on any atom is 0.131 e. The third-order valence-electron chi connectivity index (χ3n) is 3.00. The van der Waals surface area contributed by atoms with Crippen LogP contribution in [0.1, 0.15) is 5.56 Å². The molecule has 0 radical (unpaired) electrons. The second-order valence-corrected chi connectivity index (χ2v) is 4.36. The molecule has 0 aliphatic heterocycles. The monoisotopic (exact) mass is 259 g/mol. The molecule has 0 bridgehead atoms. The zero-order valence-electron chi connectivity index (χ0n) is 9.98. The molecule has 0 spiro atoms. The van der Waals surface area contributed by atoms with Crippen molar-refractivity contribution in [3.63, 3.8) is 0 Å².